The maximum atomic E-state index is 11.7. The predicted octanol–water partition coefficient (Wildman–Crippen LogP) is 1.47. The first-order valence-corrected chi connectivity index (χ1v) is 6.73. The third kappa shape index (κ3) is 2.73. The zero-order valence-electron chi connectivity index (χ0n) is 10.4. The highest BCUT2D eigenvalue weighted by Gasteiger charge is 2.28. The van der Waals surface area contributed by atoms with Gasteiger partial charge < -0.3 is 5.43 Å². The van der Waals surface area contributed by atoms with Crippen LogP contribution in [0.15, 0.2) is 18.2 Å². The number of nitrogens with two attached hydrogens (primary N) is 1. The van der Waals surface area contributed by atoms with E-state index in [-0.39, 0.29) is 35.5 Å². The Labute approximate surface area is 118 Å². The van der Waals surface area contributed by atoms with Crippen molar-refractivity contribution >= 4 is 34.3 Å². The molecule has 20 heavy (non-hydrogen) atoms. The second-order valence-electron chi connectivity index (χ2n) is 4.06. The van der Waals surface area contributed by atoms with E-state index in [1.165, 1.54) is 12.1 Å². The standard InChI is InChI=1S/C11H12N4O4S/c12-13-10-7(2-1-3-8(10)15(18)19)6-14-9(16)4-5-20-11(14)17/h1-3,13H,4-6,12H2. The van der Waals surface area contributed by atoms with Crippen molar-refractivity contribution in [2.75, 3.05) is 11.2 Å². The van der Waals surface area contributed by atoms with Gasteiger partial charge in [-0.25, -0.2) is 0 Å². The molecule has 3 N–H and O–H groups in total. The van der Waals surface area contributed by atoms with Crippen LogP contribution in [0.4, 0.5) is 16.2 Å². The molecule has 0 bridgehead atoms. The summed E-state index contributed by atoms with van der Waals surface area (Å²) < 4.78 is 0. The summed E-state index contributed by atoms with van der Waals surface area (Å²) in [6.45, 7) is -0.0358. The highest BCUT2D eigenvalue weighted by Crippen LogP contribution is 2.30. The molecule has 2 rings (SSSR count). The van der Waals surface area contributed by atoms with E-state index in [1.54, 1.807) is 6.07 Å². The lowest BCUT2D eigenvalue weighted by atomic mass is 10.1. The molecule has 1 saturated heterocycles. The van der Waals surface area contributed by atoms with E-state index in [1.807, 2.05) is 0 Å². The van der Waals surface area contributed by atoms with Crippen molar-refractivity contribution in [3.63, 3.8) is 0 Å². The van der Waals surface area contributed by atoms with Crippen LogP contribution in [0.2, 0.25) is 0 Å². The molecule has 1 fully saturated rings. The smallest absolute Gasteiger partial charge is 0.293 e. The van der Waals surface area contributed by atoms with Gasteiger partial charge >= 0.3 is 0 Å². The molecule has 1 aromatic carbocycles. The summed E-state index contributed by atoms with van der Waals surface area (Å²) in [5, 5.41) is 10.6. The summed E-state index contributed by atoms with van der Waals surface area (Å²) in [6.07, 6.45) is 0.275. The van der Waals surface area contributed by atoms with Gasteiger partial charge in [0.1, 0.15) is 5.69 Å². The molecule has 106 valence electrons. The maximum Gasteiger partial charge on any atom is 0.293 e. The highest BCUT2D eigenvalue weighted by molar-refractivity contribution is 8.13. The molecule has 0 aromatic heterocycles. The number of anilines is 1. The fourth-order valence-corrected chi connectivity index (χ4v) is 2.67. The fraction of sp³-hybridized carbons (Fsp3) is 0.273. The van der Waals surface area contributed by atoms with Gasteiger partial charge in [-0.3, -0.25) is 30.4 Å². The Morgan fingerprint density at radius 1 is 1.45 bits per heavy atom. The third-order valence-electron chi connectivity index (χ3n) is 2.86. The van der Waals surface area contributed by atoms with Crippen molar-refractivity contribution < 1.29 is 14.5 Å². The number of nitrogens with one attached hydrogen (secondary N) is 1. The van der Waals surface area contributed by atoms with E-state index in [2.05, 4.69) is 5.43 Å². The average Bonchev–Trinajstić information content (AvgIpc) is 2.42. The first-order chi connectivity index (χ1) is 9.54. The largest absolute Gasteiger partial charge is 0.318 e. The Morgan fingerprint density at radius 3 is 2.80 bits per heavy atom. The first kappa shape index (κ1) is 14.3. The molecule has 9 heteroatoms. The number of amides is 2. The van der Waals surface area contributed by atoms with Crippen molar-refractivity contribution in [1.29, 1.82) is 0 Å². The number of nitrogens with zero attached hydrogens (tertiary/aromatic N) is 2. The molecule has 0 saturated carbocycles. The lowest BCUT2D eigenvalue weighted by molar-refractivity contribution is -0.384. The van der Waals surface area contributed by atoms with E-state index < -0.39 is 4.92 Å². The number of imide groups is 1. The monoisotopic (exact) mass is 296 g/mol. The summed E-state index contributed by atoms with van der Waals surface area (Å²) in [7, 11) is 0. The van der Waals surface area contributed by atoms with Crippen molar-refractivity contribution in [2.45, 2.75) is 13.0 Å². The average molecular weight is 296 g/mol. The van der Waals surface area contributed by atoms with E-state index in [0.717, 1.165) is 16.7 Å². The lowest BCUT2D eigenvalue weighted by Crippen LogP contribution is -2.37. The van der Waals surface area contributed by atoms with Crippen molar-refractivity contribution in [3.05, 3.63) is 33.9 Å². The number of rotatable bonds is 4. The molecule has 1 aromatic rings. The van der Waals surface area contributed by atoms with Crippen LogP contribution in [-0.2, 0) is 11.3 Å². The summed E-state index contributed by atoms with van der Waals surface area (Å²) in [5.74, 6) is 5.49. The first-order valence-electron chi connectivity index (χ1n) is 5.74. The third-order valence-corrected chi connectivity index (χ3v) is 3.74. The molecular weight excluding hydrogens is 284 g/mol. The molecule has 1 aliphatic rings. The number of carbonyl (C=O) groups is 2. The van der Waals surface area contributed by atoms with Gasteiger partial charge in [0.25, 0.3) is 10.9 Å². The molecular formula is C11H12N4O4S. The van der Waals surface area contributed by atoms with Gasteiger partial charge in [-0.15, -0.1) is 0 Å². The number of para-hydroxylation sites is 1. The summed E-state index contributed by atoms with van der Waals surface area (Å²) in [5.41, 5.74) is 2.59. The van der Waals surface area contributed by atoms with Gasteiger partial charge in [0.2, 0.25) is 5.91 Å². The van der Waals surface area contributed by atoms with E-state index >= 15 is 0 Å². The van der Waals surface area contributed by atoms with Gasteiger partial charge in [-0.1, -0.05) is 23.9 Å². The van der Waals surface area contributed by atoms with Crippen molar-refractivity contribution in [3.8, 4) is 0 Å². The Kier molecular flexibility index (Phi) is 4.20. The fourth-order valence-electron chi connectivity index (χ4n) is 1.90. The minimum Gasteiger partial charge on any atom is -0.318 e. The molecule has 1 heterocycles. The molecule has 0 atom stereocenters. The van der Waals surface area contributed by atoms with Crippen molar-refractivity contribution in [2.24, 2.45) is 5.84 Å². The van der Waals surface area contributed by atoms with E-state index in [4.69, 9.17) is 5.84 Å². The minimum absolute atomic E-state index is 0.0358. The van der Waals surface area contributed by atoms with Gasteiger partial charge in [0.05, 0.1) is 11.5 Å². The number of nitrogen functional groups attached to an aromatic ring is 1. The maximum absolute atomic E-state index is 11.7. The highest BCUT2D eigenvalue weighted by atomic mass is 32.2. The zero-order valence-corrected chi connectivity index (χ0v) is 11.2. The molecule has 0 spiro atoms. The van der Waals surface area contributed by atoms with Gasteiger partial charge in [-0.2, -0.15) is 0 Å². The molecule has 2 amide bonds. The Morgan fingerprint density at radius 2 is 2.20 bits per heavy atom. The summed E-state index contributed by atoms with van der Waals surface area (Å²) in [4.78, 5) is 34.9. The topological polar surface area (TPSA) is 119 Å². The number of hydrogen-bond acceptors (Lipinski definition) is 7. The van der Waals surface area contributed by atoms with Crippen molar-refractivity contribution in [1.82, 2.24) is 4.90 Å². The number of nitro benzene ring substituents is 1. The number of thioether (sulfide) groups is 1. The van der Waals surface area contributed by atoms with Gasteiger partial charge in [0, 0.05) is 23.8 Å². The molecule has 8 nitrogen and oxygen atoms in total. The van der Waals surface area contributed by atoms with E-state index in [0.29, 0.717) is 11.3 Å². The second-order valence-corrected chi connectivity index (χ2v) is 5.10. The number of benzene rings is 1. The summed E-state index contributed by atoms with van der Waals surface area (Å²) in [6, 6.07) is 4.37. The molecule has 0 aliphatic carbocycles. The zero-order chi connectivity index (χ0) is 14.7. The number of hydrogen-bond donors (Lipinski definition) is 2. The Balaban J connectivity index is 2.33. The quantitative estimate of drug-likeness (QED) is 0.490. The van der Waals surface area contributed by atoms with Crippen LogP contribution in [0.1, 0.15) is 12.0 Å². The summed E-state index contributed by atoms with van der Waals surface area (Å²) >= 11 is 1.05. The van der Waals surface area contributed by atoms with Gasteiger partial charge in [0.15, 0.2) is 0 Å². The van der Waals surface area contributed by atoms with Crippen LogP contribution in [0, 0.1) is 10.1 Å². The second kappa shape index (κ2) is 5.88. The molecule has 1 aliphatic heterocycles. The van der Waals surface area contributed by atoms with Crippen LogP contribution in [0.5, 0.6) is 0 Å². The molecule has 0 unspecified atom stereocenters. The number of hydrazine groups is 1. The van der Waals surface area contributed by atoms with Crippen LogP contribution in [0.25, 0.3) is 0 Å². The lowest BCUT2D eigenvalue weighted by Gasteiger charge is -2.24. The predicted molar refractivity (Wildman–Crippen MR) is 73.9 cm³/mol. The van der Waals surface area contributed by atoms with Crippen LogP contribution >= 0.6 is 11.8 Å². The van der Waals surface area contributed by atoms with E-state index in [9.17, 15) is 19.7 Å². The van der Waals surface area contributed by atoms with Crippen LogP contribution in [-0.4, -0.2) is 26.7 Å². The van der Waals surface area contributed by atoms with Gasteiger partial charge in [-0.05, 0) is 0 Å². The normalized spacial score (nSPS) is 15.3. The minimum atomic E-state index is -0.576. The Bertz CT molecular complexity index is 562. The number of carbonyl (C=O) groups excluding carboxylic acids is 2. The Hall–Kier alpha value is -2.13. The molecule has 0 radical (unpaired) electrons. The SMILES string of the molecule is NNc1c(CN2C(=O)CCSC2=O)cccc1[N+](=O)[O-]. The van der Waals surface area contributed by atoms with Crippen LogP contribution < -0.4 is 11.3 Å². The van der Waals surface area contributed by atoms with Crippen LogP contribution in [0.3, 0.4) is 0 Å². The number of nitro groups is 1.